The number of hydrogen-bond donors (Lipinski definition) is 4. The second kappa shape index (κ2) is 13.3. The fourth-order valence-electron chi connectivity index (χ4n) is 5.00. The van der Waals surface area contributed by atoms with Gasteiger partial charge >= 0.3 is 7.75 Å². The average molecular weight is 601 g/mol. The summed E-state index contributed by atoms with van der Waals surface area (Å²) in [6.45, 7) is 5.19. The molecule has 3 heterocycles. The van der Waals surface area contributed by atoms with Gasteiger partial charge in [-0.25, -0.2) is 19.2 Å². The predicted octanol–water partition coefficient (Wildman–Crippen LogP) is 3.12. The van der Waals surface area contributed by atoms with Crippen LogP contribution < -0.4 is 15.3 Å². The molecule has 226 valence electrons. The molecule has 0 aliphatic carbocycles. The highest BCUT2D eigenvalue weighted by molar-refractivity contribution is 7.52. The standard InChI is InChI=1S/C28H37N6O7P/c1-4-19(5-2)11-13-22(35)18(3)33-42(38,41-20-9-7-6-8-10-20)39-15-23-25(36)26(37)28(16-29,40-23)24-14-12-21-27(30)31-17-32-34(21)24/h6-10,12,14,17-19,23,25-26,36-37H,4-5,11,13,15H2,1-3H3,(H,33,38)(H2,30,31,32)/t18-,23?,25+,26+,28-,42?/m0/s1. The third kappa shape index (κ3) is 6.49. The van der Waals surface area contributed by atoms with Gasteiger partial charge in [0.15, 0.2) is 5.82 Å². The van der Waals surface area contributed by atoms with Crippen LogP contribution in [-0.2, 0) is 24.2 Å². The number of aromatic nitrogens is 3. The second-order valence-corrected chi connectivity index (χ2v) is 12.0. The number of nitrogens with two attached hydrogens (primary N) is 1. The fraction of sp³-hybridized carbons (Fsp3) is 0.500. The fourth-order valence-corrected chi connectivity index (χ4v) is 6.54. The minimum atomic E-state index is -4.24. The van der Waals surface area contributed by atoms with Crippen LogP contribution >= 0.6 is 7.75 Å². The molecule has 2 aromatic heterocycles. The van der Waals surface area contributed by atoms with Gasteiger partial charge in [0.1, 0.15) is 47.8 Å². The van der Waals surface area contributed by atoms with Crippen molar-refractivity contribution >= 4 is 24.9 Å². The van der Waals surface area contributed by atoms with Crippen molar-refractivity contribution in [2.24, 2.45) is 5.92 Å². The Kier molecular flexibility index (Phi) is 9.99. The molecule has 1 aromatic carbocycles. The molecule has 1 saturated heterocycles. The van der Waals surface area contributed by atoms with Crippen LogP contribution in [0.3, 0.4) is 0 Å². The maximum atomic E-state index is 14.0. The van der Waals surface area contributed by atoms with Crippen molar-refractivity contribution in [1.29, 1.82) is 5.26 Å². The number of nitrogen functional groups attached to an aromatic ring is 1. The molecular weight excluding hydrogens is 563 g/mol. The number of aliphatic hydroxyl groups excluding tert-OH is 2. The third-order valence-corrected chi connectivity index (χ3v) is 9.30. The van der Waals surface area contributed by atoms with Gasteiger partial charge in [-0.2, -0.15) is 10.4 Å². The van der Waals surface area contributed by atoms with Crippen LogP contribution in [0.1, 0.15) is 52.1 Å². The molecular formula is C28H37N6O7P. The maximum absolute atomic E-state index is 14.0. The summed E-state index contributed by atoms with van der Waals surface area (Å²) < 4.78 is 32.6. The van der Waals surface area contributed by atoms with E-state index in [4.69, 9.17) is 19.5 Å². The minimum Gasteiger partial charge on any atom is -0.413 e. The van der Waals surface area contributed by atoms with E-state index >= 15 is 0 Å². The van der Waals surface area contributed by atoms with Gasteiger partial charge in [0, 0.05) is 6.42 Å². The first kappa shape index (κ1) is 31.6. The van der Waals surface area contributed by atoms with E-state index in [1.807, 2.05) is 6.07 Å². The highest BCUT2D eigenvalue weighted by Crippen LogP contribution is 2.47. The molecule has 0 saturated carbocycles. The minimum absolute atomic E-state index is 0.113. The Morgan fingerprint density at radius 2 is 1.98 bits per heavy atom. The Balaban J connectivity index is 1.53. The number of aliphatic hydroxyl groups is 2. The van der Waals surface area contributed by atoms with Gasteiger partial charge < -0.3 is 25.2 Å². The van der Waals surface area contributed by atoms with Crippen molar-refractivity contribution in [3.05, 3.63) is 54.5 Å². The number of nitriles is 1. The van der Waals surface area contributed by atoms with Crippen molar-refractivity contribution < 1.29 is 33.4 Å². The molecule has 14 heteroatoms. The summed E-state index contributed by atoms with van der Waals surface area (Å²) in [4.78, 5) is 16.8. The monoisotopic (exact) mass is 600 g/mol. The average Bonchev–Trinajstić information content (AvgIpc) is 3.53. The molecule has 6 atom stereocenters. The molecule has 3 aromatic rings. The maximum Gasteiger partial charge on any atom is 0.459 e. The van der Waals surface area contributed by atoms with Gasteiger partial charge in [-0.3, -0.25) is 9.32 Å². The SMILES string of the molecule is CCC(CC)CCC(=O)[C@H](C)NP(=O)(OCC1O[C@@](C#N)(c2ccc3c(N)ncnn23)[C@H](O)[C@@H]1O)Oc1ccccc1. The van der Waals surface area contributed by atoms with E-state index in [0.717, 1.165) is 12.8 Å². The molecule has 0 bridgehead atoms. The van der Waals surface area contributed by atoms with Crippen LogP contribution in [0, 0.1) is 17.2 Å². The third-order valence-electron chi connectivity index (χ3n) is 7.65. The van der Waals surface area contributed by atoms with E-state index in [1.54, 1.807) is 43.3 Å². The number of carbonyl (C=O) groups excluding carboxylic acids is 1. The zero-order valence-electron chi connectivity index (χ0n) is 23.8. The lowest BCUT2D eigenvalue weighted by atomic mass is 9.92. The molecule has 2 unspecified atom stereocenters. The smallest absolute Gasteiger partial charge is 0.413 e. The van der Waals surface area contributed by atoms with Crippen molar-refractivity contribution in [3.8, 4) is 11.8 Å². The van der Waals surface area contributed by atoms with Crippen LogP contribution in [0.4, 0.5) is 5.82 Å². The molecule has 13 nitrogen and oxygen atoms in total. The van der Waals surface area contributed by atoms with Crippen LogP contribution in [0.25, 0.3) is 5.52 Å². The summed E-state index contributed by atoms with van der Waals surface area (Å²) in [7, 11) is -4.24. The van der Waals surface area contributed by atoms with Crippen LogP contribution in [-0.4, -0.2) is 61.6 Å². The Bertz CT molecular complexity index is 1460. The van der Waals surface area contributed by atoms with Crippen LogP contribution in [0.5, 0.6) is 5.75 Å². The Morgan fingerprint density at radius 1 is 1.26 bits per heavy atom. The van der Waals surface area contributed by atoms with Gasteiger partial charge in [0.2, 0.25) is 5.60 Å². The number of para-hydroxylation sites is 1. The topological polar surface area (TPSA) is 194 Å². The van der Waals surface area contributed by atoms with E-state index in [0.29, 0.717) is 24.3 Å². The van der Waals surface area contributed by atoms with Gasteiger partial charge in [-0.15, -0.1) is 0 Å². The number of Topliss-reactive ketones (excluding diaryl/α,β-unsaturated/α-hetero) is 1. The molecule has 0 amide bonds. The first-order chi connectivity index (χ1) is 20.1. The summed E-state index contributed by atoms with van der Waals surface area (Å²) >= 11 is 0. The predicted molar refractivity (Wildman–Crippen MR) is 153 cm³/mol. The highest BCUT2D eigenvalue weighted by Gasteiger charge is 2.58. The van der Waals surface area contributed by atoms with Crippen LogP contribution in [0.15, 0.2) is 48.8 Å². The summed E-state index contributed by atoms with van der Waals surface area (Å²) in [5, 5.41) is 38.9. The van der Waals surface area contributed by atoms with Gasteiger partial charge in [0.25, 0.3) is 0 Å². The number of nitrogens with zero attached hydrogens (tertiary/aromatic N) is 4. The zero-order chi connectivity index (χ0) is 30.5. The summed E-state index contributed by atoms with van der Waals surface area (Å²) in [6, 6.07) is 12.4. The summed E-state index contributed by atoms with van der Waals surface area (Å²) in [5.41, 5.74) is 4.33. The number of carbonyl (C=O) groups is 1. The molecule has 5 N–H and O–H groups in total. The molecule has 0 radical (unpaired) electrons. The first-order valence-electron chi connectivity index (χ1n) is 13.9. The molecule has 1 aliphatic heterocycles. The van der Waals surface area contributed by atoms with Crippen molar-refractivity contribution in [1.82, 2.24) is 19.7 Å². The molecule has 1 fully saturated rings. The zero-order valence-corrected chi connectivity index (χ0v) is 24.7. The largest absolute Gasteiger partial charge is 0.459 e. The highest BCUT2D eigenvalue weighted by atomic mass is 31.2. The molecule has 0 spiro atoms. The van der Waals surface area contributed by atoms with Crippen molar-refractivity contribution in [2.45, 2.75) is 76.4 Å². The summed E-state index contributed by atoms with van der Waals surface area (Å²) in [5.74, 6) is 0.630. The Morgan fingerprint density at radius 3 is 2.64 bits per heavy atom. The second-order valence-electron chi connectivity index (χ2n) is 10.3. The summed E-state index contributed by atoms with van der Waals surface area (Å²) in [6.07, 6.45) is -0.522. The molecule has 1 aliphatic rings. The van der Waals surface area contributed by atoms with Crippen molar-refractivity contribution in [3.63, 3.8) is 0 Å². The number of nitrogens with one attached hydrogen (secondary N) is 1. The lowest BCUT2D eigenvalue weighted by Crippen LogP contribution is -2.41. The lowest BCUT2D eigenvalue weighted by molar-refractivity contribution is -0.120. The quantitative estimate of drug-likeness (QED) is 0.198. The Hall–Kier alpha value is -3.37. The number of anilines is 1. The van der Waals surface area contributed by atoms with Crippen molar-refractivity contribution in [2.75, 3.05) is 12.3 Å². The molecule has 42 heavy (non-hydrogen) atoms. The lowest BCUT2D eigenvalue weighted by Gasteiger charge is -2.25. The van der Waals surface area contributed by atoms with E-state index in [2.05, 4.69) is 29.0 Å². The number of benzene rings is 1. The van der Waals surface area contributed by atoms with Crippen LogP contribution in [0.2, 0.25) is 0 Å². The van der Waals surface area contributed by atoms with E-state index in [9.17, 15) is 24.8 Å². The van der Waals surface area contributed by atoms with Gasteiger partial charge in [-0.05, 0) is 43.5 Å². The number of ether oxygens (including phenoxy) is 1. The van der Waals surface area contributed by atoms with Gasteiger partial charge in [-0.1, -0.05) is 44.9 Å². The van der Waals surface area contributed by atoms with E-state index in [-0.39, 0.29) is 23.0 Å². The normalized spacial score (nSPS) is 24.4. The van der Waals surface area contributed by atoms with E-state index < -0.39 is 44.3 Å². The van der Waals surface area contributed by atoms with Gasteiger partial charge in [0.05, 0.1) is 18.3 Å². The Labute approximate surface area is 244 Å². The number of rotatable bonds is 14. The van der Waals surface area contributed by atoms with E-state index in [1.165, 1.54) is 16.9 Å². The number of hydrogen-bond acceptors (Lipinski definition) is 11. The number of fused-ring (bicyclic) bond motifs is 1. The first-order valence-corrected chi connectivity index (χ1v) is 15.4. The molecule has 4 rings (SSSR count). The number of ketones is 1.